The topological polar surface area (TPSA) is 64.1 Å². The zero-order valence-corrected chi connectivity index (χ0v) is 15.5. The number of carbonyl (C=O) groups excluding carboxylic acids is 1. The molecular formula is C18H22BrN3O2. The molecule has 1 aliphatic rings. The van der Waals surface area contributed by atoms with Crippen molar-refractivity contribution in [1.82, 2.24) is 15.3 Å². The molecule has 1 aromatic heterocycles. The van der Waals surface area contributed by atoms with Crippen LogP contribution in [0.4, 0.5) is 0 Å². The number of hydrogen-bond donors (Lipinski definition) is 1. The van der Waals surface area contributed by atoms with Gasteiger partial charge in [0.2, 0.25) is 5.88 Å². The first-order chi connectivity index (χ1) is 11.5. The highest BCUT2D eigenvalue weighted by atomic mass is 79.9. The summed E-state index contributed by atoms with van der Waals surface area (Å²) in [6, 6.07) is 5.94. The van der Waals surface area contributed by atoms with Crippen LogP contribution < -0.4 is 10.1 Å². The van der Waals surface area contributed by atoms with Crippen molar-refractivity contribution >= 4 is 32.7 Å². The fraction of sp³-hybridized carbons (Fsp3) is 0.500. The Labute approximate surface area is 150 Å². The second-order valence-electron chi connectivity index (χ2n) is 6.57. The number of amides is 1. The lowest BCUT2D eigenvalue weighted by Crippen LogP contribution is -2.45. The van der Waals surface area contributed by atoms with Crippen LogP contribution >= 0.6 is 15.9 Å². The summed E-state index contributed by atoms with van der Waals surface area (Å²) >= 11 is 3.43. The number of hydrogen-bond acceptors (Lipinski definition) is 4. The van der Waals surface area contributed by atoms with Gasteiger partial charge in [0.15, 0.2) is 6.61 Å². The molecule has 0 spiro atoms. The van der Waals surface area contributed by atoms with Crippen molar-refractivity contribution in [3.05, 3.63) is 29.0 Å². The summed E-state index contributed by atoms with van der Waals surface area (Å²) in [5.41, 5.74) is 0.790. The first-order valence-electron chi connectivity index (χ1n) is 8.37. The van der Waals surface area contributed by atoms with E-state index in [1.54, 1.807) is 0 Å². The molecule has 1 N–H and O–H groups in total. The molecule has 0 saturated heterocycles. The van der Waals surface area contributed by atoms with Crippen LogP contribution in [0.25, 0.3) is 10.9 Å². The summed E-state index contributed by atoms with van der Waals surface area (Å²) in [4.78, 5) is 20.6. The van der Waals surface area contributed by atoms with Gasteiger partial charge >= 0.3 is 0 Å². The second kappa shape index (κ2) is 7.47. The summed E-state index contributed by atoms with van der Waals surface area (Å²) in [6.07, 6.45) is 4.91. The van der Waals surface area contributed by atoms with E-state index in [2.05, 4.69) is 45.1 Å². The minimum atomic E-state index is -0.0947. The van der Waals surface area contributed by atoms with E-state index in [1.165, 1.54) is 19.2 Å². The van der Waals surface area contributed by atoms with Gasteiger partial charge < -0.3 is 10.1 Å². The van der Waals surface area contributed by atoms with Crippen molar-refractivity contribution in [2.45, 2.75) is 39.2 Å². The number of benzene rings is 1. The molecule has 1 heterocycles. The van der Waals surface area contributed by atoms with Crippen LogP contribution in [-0.4, -0.2) is 28.5 Å². The van der Waals surface area contributed by atoms with Crippen molar-refractivity contribution in [2.75, 3.05) is 6.61 Å². The van der Waals surface area contributed by atoms with Crippen LogP contribution in [0.1, 0.15) is 33.1 Å². The molecule has 1 saturated carbocycles. The predicted octanol–water partition coefficient (Wildman–Crippen LogP) is 3.71. The summed E-state index contributed by atoms with van der Waals surface area (Å²) in [6.45, 7) is 4.44. The van der Waals surface area contributed by atoms with E-state index in [-0.39, 0.29) is 18.6 Å². The highest BCUT2D eigenvalue weighted by Gasteiger charge is 2.28. The van der Waals surface area contributed by atoms with Gasteiger partial charge in [0.25, 0.3) is 5.91 Å². The van der Waals surface area contributed by atoms with Gasteiger partial charge in [-0.25, -0.2) is 9.97 Å². The van der Waals surface area contributed by atoms with Gasteiger partial charge in [-0.2, -0.15) is 0 Å². The van der Waals surface area contributed by atoms with Crippen molar-refractivity contribution in [1.29, 1.82) is 0 Å². The van der Waals surface area contributed by atoms with Gasteiger partial charge in [-0.05, 0) is 36.5 Å². The van der Waals surface area contributed by atoms with Crippen LogP contribution in [0.5, 0.6) is 5.88 Å². The third-order valence-corrected chi connectivity index (χ3v) is 5.45. The minimum Gasteiger partial charge on any atom is -0.467 e. The zero-order valence-electron chi connectivity index (χ0n) is 14.0. The van der Waals surface area contributed by atoms with E-state index in [0.29, 0.717) is 17.7 Å². The molecule has 3 rings (SSSR count). The molecule has 6 heteroatoms. The van der Waals surface area contributed by atoms with Gasteiger partial charge in [-0.1, -0.05) is 42.6 Å². The number of fused-ring (bicyclic) bond motifs is 1. The van der Waals surface area contributed by atoms with Crippen molar-refractivity contribution in [3.63, 3.8) is 0 Å². The Morgan fingerprint density at radius 1 is 1.33 bits per heavy atom. The standard InChI is InChI=1S/C18H22BrN3O2/c1-11-4-3-5-15(12(11)2)22-17(23)9-24-18-14-8-13(19)6-7-16(14)20-10-21-18/h6-8,10-12,15H,3-5,9H2,1-2H3,(H,22,23)/t11-,12+,15+/m0/s1. The van der Waals surface area contributed by atoms with Crippen LogP contribution in [0.2, 0.25) is 0 Å². The highest BCUT2D eigenvalue weighted by molar-refractivity contribution is 9.10. The molecule has 5 nitrogen and oxygen atoms in total. The average Bonchev–Trinajstić information content (AvgIpc) is 2.57. The van der Waals surface area contributed by atoms with E-state index in [4.69, 9.17) is 4.74 Å². The molecular weight excluding hydrogens is 370 g/mol. The smallest absolute Gasteiger partial charge is 0.258 e. The van der Waals surface area contributed by atoms with E-state index in [9.17, 15) is 4.79 Å². The number of carbonyl (C=O) groups is 1. The first kappa shape index (κ1) is 17.1. The molecule has 1 fully saturated rings. The van der Waals surface area contributed by atoms with Gasteiger partial charge in [0.1, 0.15) is 6.33 Å². The molecule has 3 atom stereocenters. The number of halogens is 1. The van der Waals surface area contributed by atoms with Gasteiger partial charge in [0.05, 0.1) is 10.9 Å². The SMILES string of the molecule is C[C@@H]1[C@@H](C)CCC[C@H]1NC(=O)COc1ncnc2ccc(Br)cc12. The first-order valence-corrected chi connectivity index (χ1v) is 9.16. The minimum absolute atomic E-state index is 0.0315. The van der Waals surface area contributed by atoms with E-state index in [0.717, 1.165) is 21.8 Å². The average molecular weight is 392 g/mol. The number of nitrogens with zero attached hydrogens (tertiary/aromatic N) is 2. The lowest BCUT2D eigenvalue weighted by molar-refractivity contribution is -0.124. The molecule has 0 bridgehead atoms. The van der Waals surface area contributed by atoms with E-state index >= 15 is 0 Å². The molecule has 2 aromatic rings. The molecule has 0 unspecified atom stereocenters. The van der Waals surface area contributed by atoms with Crippen molar-refractivity contribution in [2.24, 2.45) is 11.8 Å². The molecule has 128 valence electrons. The number of aromatic nitrogens is 2. The Morgan fingerprint density at radius 2 is 2.17 bits per heavy atom. The number of nitrogens with one attached hydrogen (secondary N) is 1. The maximum Gasteiger partial charge on any atom is 0.258 e. The molecule has 0 radical (unpaired) electrons. The van der Waals surface area contributed by atoms with Crippen molar-refractivity contribution in [3.8, 4) is 5.88 Å². The van der Waals surface area contributed by atoms with E-state index in [1.807, 2.05) is 18.2 Å². The Morgan fingerprint density at radius 3 is 3.00 bits per heavy atom. The Hall–Kier alpha value is -1.69. The summed E-state index contributed by atoms with van der Waals surface area (Å²) in [5, 5.41) is 3.90. The van der Waals surface area contributed by atoms with Crippen LogP contribution in [0.3, 0.4) is 0 Å². The Kier molecular flexibility index (Phi) is 5.33. The van der Waals surface area contributed by atoms with E-state index < -0.39 is 0 Å². The highest BCUT2D eigenvalue weighted by Crippen LogP contribution is 2.29. The molecule has 0 aliphatic heterocycles. The largest absolute Gasteiger partial charge is 0.467 e. The van der Waals surface area contributed by atoms with Crippen LogP contribution in [0, 0.1) is 11.8 Å². The lowest BCUT2D eigenvalue weighted by Gasteiger charge is -2.34. The van der Waals surface area contributed by atoms with Crippen LogP contribution in [0.15, 0.2) is 29.0 Å². The molecule has 24 heavy (non-hydrogen) atoms. The fourth-order valence-corrected chi connectivity index (χ4v) is 3.65. The number of ether oxygens (including phenoxy) is 1. The summed E-state index contributed by atoms with van der Waals surface area (Å²) in [7, 11) is 0. The van der Waals surface area contributed by atoms with Gasteiger partial charge in [-0.15, -0.1) is 0 Å². The molecule has 1 aliphatic carbocycles. The normalized spacial score (nSPS) is 23.9. The maximum absolute atomic E-state index is 12.3. The molecule has 1 amide bonds. The third-order valence-electron chi connectivity index (χ3n) is 4.95. The fourth-order valence-electron chi connectivity index (χ4n) is 3.29. The maximum atomic E-state index is 12.3. The van der Waals surface area contributed by atoms with Gasteiger partial charge in [-0.3, -0.25) is 4.79 Å². The third kappa shape index (κ3) is 3.86. The summed E-state index contributed by atoms with van der Waals surface area (Å²) < 4.78 is 6.58. The second-order valence-corrected chi connectivity index (χ2v) is 7.49. The predicted molar refractivity (Wildman–Crippen MR) is 96.8 cm³/mol. The zero-order chi connectivity index (χ0) is 17.1. The lowest BCUT2D eigenvalue weighted by atomic mass is 9.78. The number of rotatable bonds is 4. The van der Waals surface area contributed by atoms with Crippen molar-refractivity contribution < 1.29 is 9.53 Å². The molecule has 1 aromatic carbocycles. The van der Waals surface area contributed by atoms with Crippen LogP contribution in [-0.2, 0) is 4.79 Å². The quantitative estimate of drug-likeness (QED) is 0.862. The monoisotopic (exact) mass is 391 g/mol. The van der Waals surface area contributed by atoms with Gasteiger partial charge in [0, 0.05) is 10.5 Å². The Bertz CT molecular complexity index is 737. The summed E-state index contributed by atoms with van der Waals surface area (Å²) in [5.74, 6) is 1.48. The Balaban J connectivity index is 1.63.